The van der Waals surface area contributed by atoms with Crippen LogP contribution in [-0.4, -0.2) is 27.2 Å². The number of halogens is 1. The van der Waals surface area contributed by atoms with Crippen molar-refractivity contribution in [3.8, 4) is 0 Å². The third kappa shape index (κ3) is 4.89. The number of unbranched alkanes of at least 4 members (excludes halogenated alkanes) is 1. The average Bonchev–Trinajstić information content (AvgIpc) is 3.06. The molecule has 2 aromatic heterocycles. The maximum absolute atomic E-state index is 11.9. The zero-order valence-corrected chi connectivity index (χ0v) is 15.8. The van der Waals surface area contributed by atoms with Crippen molar-refractivity contribution in [3.05, 3.63) is 53.4 Å². The normalized spacial score (nSPS) is 12.1. The topological polar surface area (TPSA) is 95.1 Å². The van der Waals surface area contributed by atoms with Crippen molar-refractivity contribution >= 4 is 34.5 Å². The van der Waals surface area contributed by atoms with Gasteiger partial charge in [0.05, 0.1) is 24.7 Å². The van der Waals surface area contributed by atoms with E-state index in [1.54, 1.807) is 30.7 Å². The summed E-state index contributed by atoms with van der Waals surface area (Å²) in [6.45, 7) is 2.98. The Labute approximate surface area is 162 Å². The Balaban J connectivity index is 1.39. The van der Waals surface area contributed by atoms with E-state index >= 15 is 0 Å². The van der Waals surface area contributed by atoms with Crippen LogP contribution < -0.4 is 11.1 Å². The number of alkyl carbamates (subject to hydrolysis) is 1. The van der Waals surface area contributed by atoms with Crippen LogP contribution >= 0.6 is 11.6 Å². The van der Waals surface area contributed by atoms with Crippen LogP contribution in [-0.2, 0) is 11.3 Å². The molecule has 0 aliphatic heterocycles. The van der Waals surface area contributed by atoms with Gasteiger partial charge in [0.1, 0.15) is 5.52 Å². The first-order valence-electron chi connectivity index (χ1n) is 8.78. The molecule has 142 valence electrons. The maximum Gasteiger partial charge on any atom is 0.407 e. The lowest BCUT2D eigenvalue weighted by Crippen LogP contribution is -2.27. The van der Waals surface area contributed by atoms with Crippen molar-refractivity contribution in [1.82, 2.24) is 19.9 Å². The molecule has 0 spiro atoms. The number of amides is 1. The number of ether oxygens (including phenoxy) is 1. The van der Waals surface area contributed by atoms with Gasteiger partial charge < -0.3 is 20.4 Å². The van der Waals surface area contributed by atoms with Crippen LogP contribution in [0.3, 0.4) is 0 Å². The third-order valence-corrected chi connectivity index (χ3v) is 4.52. The molecule has 0 fully saturated rings. The largest absolute Gasteiger partial charge is 0.450 e. The first-order chi connectivity index (χ1) is 13.0. The summed E-state index contributed by atoms with van der Waals surface area (Å²) in [7, 11) is 0. The van der Waals surface area contributed by atoms with E-state index in [0.29, 0.717) is 22.8 Å². The van der Waals surface area contributed by atoms with Gasteiger partial charge in [0.25, 0.3) is 0 Å². The Morgan fingerprint density at radius 2 is 2.04 bits per heavy atom. The number of rotatable bonds is 7. The summed E-state index contributed by atoms with van der Waals surface area (Å²) in [5, 5.41) is 3.47. The number of aryl methyl sites for hydroxylation is 1. The predicted octanol–water partition coefficient (Wildman–Crippen LogP) is 3.93. The first-order valence-corrected chi connectivity index (χ1v) is 9.16. The molecule has 0 saturated carbocycles. The molecule has 1 amide bonds. The van der Waals surface area contributed by atoms with Gasteiger partial charge in [0.15, 0.2) is 5.65 Å². The van der Waals surface area contributed by atoms with Crippen molar-refractivity contribution in [2.45, 2.75) is 32.4 Å². The number of fused-ring (bicyclic) bond motifs is 1. The van der Waals surface area contributed by atoms with E-state index in [-0.39, 0.29) is 6.04 Å². The average molecular weight is 388 g/mol. The van der Waals surface area contributed by atoms with E-state index in [1.165, 1.54) is 0 Å². The molecule has 3 aromatic rings. The highest BCUT2D eigenvalue weighted by atomic mass is 35.5. The fourth-order valence-corrected chi connectivity index (χ4v) is 2.87. The van der Waals surface area contributed by atoms with Crippen LogP contribution in [0.5, 0.6) is 0 Å². The molecule has 1 unspecified atom stereocenters. The minimum Gasteiger partial charge on any atom is -0.450 e. The van der Waals surface area contributed by atoms with Crippen LogP contribution in [0.25, 0.3) is 11.2 Å². The van der Waals surface area contributed by atoms with E-state index < -0.39 is 6.09 Å². The molecule has 27 heavy (non-hydrogen) atoms. The second-order valence-electron chi connectivity index (χ2n) is 6.27. The number of anilines is 1. The number of carbonyl (C=O) groups is 1. The van der Waals surface area contributed by atoms with Crippen molar-refractivity contribution < 1.29 is 9.53 Å². The molecular weight excluding hydrogens is 366 g/mol. The Morgan fingerprint density at radius 1 is 1.26 bits per heavy atom. The number of aromatic nitrogens is 3. The second kappa shape index (κ2) is 8.73. The Bertz CT molecular complexity index is 910. The Kier molecular flexibility index (Phi) is 6.13. The molecule has 0 saturated heterocycles. The standard InChI is InChI=1S/C19H22ClN5O2/c1-13(14-4-6-15(20)7-5-14)24-19(26)27-11-3-2-10-25-12-23-17-16(21)8-9-22-18(17)25/h4-9,12-13H,2-3,10-11H2,1H3,(H2,21,22)(H,24,26). The molecule has 2 heterocycles. The summed E-state index contributed by atoms with van der Waals surface area (Å²) < 4.78 is 7.20. The maximum atomic E-state index is 11.9. The number of imidazole rings is 1. The summed E-state index contributed by atoms with van der Waals surface area (Å²) >= 11 is 5.87. The van der Waals surface area contributed by atoms with Gasteiger partial charge >= 0.3 is 6.09 Å². The second-order valence-corrected chi connectivity index (χ2v) is 6.71. The molecule has 1 atom stereocenters. The van der Waals surface area contributed by atoms with Gasteiger partial charge in [-0.3, -0.25) is 0 Å². The van der Waals surface area contributed by atoms with Gasteiger partial charge in [-0.1, -0.05) is 23.7 Å². The number of hydrogen-bond acceptors (Lipinski definition) is 5. The lowest BCUT2D eigenvalue weighted by molar-refractivity contribution is 0.140. The van der Waals surface area contributed by atoms with Gasteiger partial charge in [-0.15, -0.1) is 0 Å². The molecule has 8 heteroatoms. The molecule has 0 bridgehead atoms. The van der Waals surface area contributed by atoms with Gasteiger partial charge in [0.2, 0.25) is 0 Å². The molecule has 0 aliphatic rings. The Morgan fingerprint density at radius 3 is 2.81 bits per heavy atom. The number of hydrogen-bond donors (Lipinski definition) is 2. The molecule has 7 nitrogen and oxygen atoms in total. The van der Waals surface area contributed by atoms with Gasteiger partial charge in [-0.05, 0) is 43.5 Å². The van der Waals surface area contributed by atoms with Crippen LogP contribution in [0.1, 0.15) is 31.4 Å². The number of nitrogens with two attached hydrogens (primary N) is 1. The SMILES string of the molecule is CC(NC(=O)OCCCCn1cnc2c(N)ccnc21)c1ccc(Cl)cc1. The fraction of sp³-hybridized carbons (Fsp3) is 0.316. The third-order valence-electron chi connectivity index (χ3n) is 4.27. The summed E-state index contributed by atoms with van der Waals surface area (Å²) in [6.07, 6.45) is 4.55. The van der Waals surface area contributed by atoms with Crippen LogP contribution in [0, 0.1) is 0 Å². The van der Waals surface area contributed by atoms with E-state index in [2.05, 4.69) is 15.3 Å². The van der Waals surface area contributed by atoms with Gasteiger partial charge in [-0.2, -0.15) is 0 Å². The highest BCUT2D eigenvalue weighted by molar-refractivity contribution is 6.30. The zero-order valence-electron chi connectivity index (χ0n) is 15.1. The number of nitrogens with one attached hydrogen (secondary N) is 1. The van der Waals surface area contributed by atoms with Crippen LogP contribution in [0.2, 0.25) is 5.02 Å². The molecule has 0 radical (unpaired) electrons. The lowest BCUT2D eigenvalue weighted by Gasteiger charge is -2.14. The highest BCUT2D eigenvalue weighted by Gasteiger charge is 2.10. The van der Waals surface area contributed by atoms with E-state index in [4.69, 9.17) is 22.1 Å². The fourth-order valence-electron chi connectivity index (χ4n) is 2.75. The first kappa shape index (κ1) is 19.0. The van der Waals surface area contributed by atoms with Crippen molar-refractivity contribution in [2.75, 3.05) is 12.3 Å². The smallest absolute Gasteiger partial charge is 0.407 e. The molecule has 3 rings (SSSR count). The van der Waals surface area contributed by atoms with Crippen LogP contribution in [0.4, 0.5) is 10.5 Å². The van der Waals surface area contributed by atoms with Crippen molar-refractivity contribution in [2.24, 2.45) is 0 Å². The highest BCUT2D eigenvalue weighted by Crippen LogP contribution is 2.17. The van der Waals surface area contributed by atoms with Gasteiger partial charge in [0, 0.05) is 17.8 Å². The van der Waals surface area contributed by atoms with Crippen molar-refractivity contribution in [1.29, 1.82) is 0 Å². The quantitative estimate of drug-likeness (QED) is 0.599. The number of nitrogens with zero attached hydrogens (tertiary/aromatic N) is 3. The summed E-state index contributed by atoms with van der Waals surface area (Å²) in [6, 6.07) is 8.93. The zero-order chi connectivity index (χ0) is 19.2. The molecule has 0 aliphatic carbocycles. The number of nitrogen functional groups attached to an aromatic ring is 1. The molecule has 1 aromatic carbocycles. The van der Waals surface area contributed by atoms with Crippen LogP contribution in [0.15, 0.2) is 42.9 Å². The predicted molar refractivity (Wildman–Crippen MR) is 106 cm³/mol. The summed E-state index contributed by atoms with van der Waals surface area (Å²) in [5.41, 5.74) is 8.95. The molecule has 3 N–H and O–H groups in total. The summed E-state index contributed by atoms with van der Waals surface area (Å²) in [5.74, 6) is 0. The summed E-state index contributed by atoms with van der Waals surface area (Å²) in [4.78, 5) is 20.5. The number of benzene rings is 1. The van der Waals surface area contributed by atoms with Gasteiger partial charge in [-0.25, -0.2) is 14.8 Å². The van der Waals surface area contributed by atoms with Crippen molar-refractivity contribution in [3.63, 3.8) is 0 Å². The lowest BCUT2D eigenvalue weighted by atomic mass is 10.1. The van der Waals surface area contributed by atoms with E-state index in [0.717, 1.165) is 30.6 Å². The number of pyridine rings is 1. The monoisotopic (exact) mass is 387 g/mol. The Hall–Kier alpha value is -2.80. The van der Waals surface area contributed by atoms with E-state index in [9.17, 15) is 4.79 Å². The molecular formula is C19H22ClN5O2. The number of carbonyl (C=O) groups excluding carboxylic acids is 1. The minimum atomic E-state index is -0.431. The van der Waals surface area contributed by atoms with E-state index in [1.807, 2.05) is 23.6 Å². The minimum absolute atomic E-state index is 0.149.